The zero-order valence-electron chi connectivity index (χ0n) is 7.30. The van der Waals surface area contributed by atoms with Gasteiger partial charge < -0.3 is 10.8 Å². The van der Waals surface area contributed by atoms with Gasteiger partial charge in [-0.2, -0.15) is 0 Å². The summed E-state index contributed by atoms with van der Waals surface area (Å²) in [5.74, 6) is -4.07. The number of nitrogens with two attached hydrogens (primary N) is 1. The highest BCUT2D eigenvalue weighted by molar-refractivity contribution is 5.23. The third kappa shape index (κ3) is 2.05. The molecule has 0 saturated carbocycles. The molecule has 14 heavy (non-hydrogen) atoms. The lowest BCUT2D eigenvalue weighted by Crippen LogP contribution is -2.14. The quantitative estimate of drug-likeness (QED) is 0.734. The van der Waals surface area contributed by atoms with Crippen molar-refractivity contribution in [1.29, 1.82) is 0 Å². The highest BCUT2D eigenvalue weighted by atomic mass is 19.2. The van der Waals surface area contributed by atoms with Crippen molar-refractivity contribution in [2.45, 2.75) is 12.5 Å². The monoisotopic (exact) mass is 205 g/mol. The fourth-order valence-corrected chi connectivity index (χ4v) is 1.12. The molecule has 1 atom stereocenters. The number of benzene rings is 1. The summed E-state index contributed by atoms with van der Waals surface area (Å²) in [6.07, 6.45) is 0.0992. The lowest BCUT2D eigenvalue weighted by molar-refractivity contribution is 0.275. The molecule has 1 rings (SSSR count). The molecule has 0 aliphatic rings. The maximum Gasteiger partial charge on any atom is 0.194 e. The number of rotatable bonds is 3. The molecule has 0 radical (unpaired) electrons. The molecule has 3 N–H and O–H groups in total. The minimum atomic E-state index is -1.53. The third-order valence-corrected chi connectivity index (χ3v) is 1.90. The molecule has 0 aromatic heterocycles. The lowest BCUT2D eigenvalue weighted by Gasteiger charge is -2.11. The Morgan fingerprint density at radius 1 is 1.21 bits per heavy atom. The normalized spacial score (nSPS) is 12.9. The molecule has 1 aromatic rings. The molecule has 0 heterocycles. The van der Waals surface area contributed by atoms with Crippen molar-refractivity contribution in [3.8, 4) is 0 Å². The van der Waals surface area contributed by atoms with Gasteiger partial charge in [0.15, 0.2) is 17.5 Å². The highest BCUT2D eigenvalue weighted by Gasteiger charge is 2.17. The maximum absolute atomic E-state index is 13.1. The van der Waals surface area contributed by atoms with E-state index >= 15 is 0 Å². The van der Waals surface area contributed by atoms with Crippen LogP contribution in [0.4, 0.5) is 13.2 Å². The Bertz CT molecular complexity index is 330. The SMILES string of the molecule is N[C@@H](CCO)c1ccc(F)c(F)c1F. The molecule has 0 amide bonds. The number of aliphatic hydroxyl groups excluding tert-OH is 1. The van der Waals surface area contributed by atoms with Crippen LogP contribution < -0.4 is 5.73 Å². The van der Waals surface area contributed by atoms with Crippen LogP contribution in [-0.2, 0) is 0 Å². The average Bonchev–Trinajstić information content (AvgIpc) is 2.15. The van der Waals surface area contributed by atoms with Crippen LogP contribution in [0.3, 0.4) is 0 Å². The van der Waals surface area contributed by atoms with Crippen LogP contribution in [0, 0.1) is 17.5 Å². The number of aliphatic hydroxyl groups is 1. The van der Waals surface area contributed by atoms with Crippen LogP contribution in [0.1, 0.15) is 18.0 Å². The van der Waals surface area contributed by atoms with Crippen molar-refractivity contribution in [3.63, 3.8) is 0 Å². The van der Waals surface area contributed by atoms with Gasteiger partial charge in [-0.05, 0) is 12.5 Å². The van der Waals surface area contributed by atoms with Crippen LogP contribution in [0.5, 0.6) is 0 Å². The first kappa shape index (κ1) is 11.0. The van der Waals surface area contributed by atoms with E-state index in [-0.39, 0.29) is 18.6 Å². The summed E-state index contributed by atoms with van der Waals surface area (Å²) >= 11 is 0. The molecule has 0 aliphatic carbocycles. The Labute approximate surface area is 79.2 Å². The molecule has 78 valence electrons. The van der Waals surface area contributed by atoms with Gasteiger partial charge in [0.2, 0.25) is 0 Å². The van der Waals surface area contributed by atoms with Crippen LogP contribution in [0.25, 0.3) is 0 Å². The zero-order chi connectivity index (χ0) is 10.7. The van der Waals surface area contributed by atoms with Gasteiger partial charge >= 0.3 is 0 Å². The largest absolute Gasteiger partial charge is 0.396 e. The molecule has 5 heteroatoms. The van der Waals surface area contributed by atoms with E-state index in [1.165, 1.54) is 0 Å². The van der Waals surface area contributed by atoms with Crippen molar-refractivity contribution < 1.29 is 18.3 Å². The summed E-state index contributed by atoms with van der Waals surface area (Å²) in [5, 5.41) is 8.54. The first-order valence-electron chi connectivity index (χ1n) is 4.07. The molecule has 1 aromatic carbocycles. The van der Waals surface area contributed by atoms with Gasteiger partial charge in [-0.3, -0.25) is 0 Å². The van der Waals surface area contributed by atoms with Gasteiger partial charge in [0, 0.05) is 18.2 Å². The fraction of sp³-hybridized carbons (Fsp3) is 0.333. The van der Waals surface area contributed by atoms with Crippen LogP contribution in [0.15, 0.2) is 12.1 Å². The predicted molar refractivity (Wildman–Crippen MR) is 44.9 cm³/mol. The summed E-state index contributed by atoms with van der Waals surface area (Å²) in [4.78, 5) is 0. The van der Waals surface area contributed by atoms with E-state index in [1.54, 1.807) is 0 Å². The van der Waals surface area contributed by atoms with Crippen molar-refractivity contribution >= 4 is 0 Å². The molecule has 0 spiro atoms. The minimum Gasteiger partial charge on any atom is -0.396 e. The van der Waals surface area contributed by atoms with Crippen molar-refractivity contribution in [2.75, 3.05) is 6.61 Å². The summed E-state index contributed by atoms with van der Waals surface area (Å²) < 4.78 is 38.3. The van der Waals surface area contributed by atoms with Crippen molar-refractivity contribution in [3.05, 3.63) is 35.1 Å². The number of hydrogen-bond acceptors (Lipinski definition) is 2. The van der Waals surface area contributed by atoms with Crippen LogP contribution >= 0.6 is 0 Å². The molecular formula is C9H10F3NO. The molecule has 0 bridgehead atoms. The lowest BCUT2D eigenvalue weighted by atomic mass is 10.0. The van der Waals surface area contributed by atoms with Gasteiger partial charge in [0.1, 0.15) is 0 Å². The first-order valence-corrected chi connectivity index (χ1v) is 4.07. The molecule has 0 aliphatic heterocycles. The standard InChI is InChI=1S/C9H10F3NO/c10-6-2-1-5(7(13)3-4-14)8(11)9(6)12/h1-2,7,14H,3-4,13H2/t7-/m0/s1. The van der Waals surface area contributed by atoms with Gasteiger partial charge in [-0.25, -0.2) is 13.2 Å². The summed E-state index contributed by atoms with van der Waals surface area (Å²) in [5.41, 5.74) is 5.31. The molecule has 0 unspecified atom stereocenters. The van der Waals surface area contributed by atoms with E-state index in [4.69, 9.17) is 10.8 Å². The Hall–Kier alpha value is -1.07. The molecular weight excluding hydrogens is 195 g/mol. The van der Waals surface area contributed by atoms with E-state index in [0.717, 1.165) is 12.1 Å². The fourth-order valence-electron chi connectivity index (χ4n) is 1.12. The number of hydrogen-bond donors (Lipinski definition) is 2. The third-order valence-electron chi connectivity index (χ3n) is 1.90. The van der Waals surface area contributed by atoms with Gasteiger partial charge in [-0.1, -0.05) is 6.07 Å². The highest BCUT2D eigenvalue weighted by Crippen LogP contribution is 2.21. The average molecular weight is 205 g/mol. The predicted octanol–water partition coefficient (Wildman–Crippen LogP) is 1.49. The van der Waals surface area contributed by atoms with E-state index < -0.39 is 23.5 Å². The smallest absolute Gasteiger partial charge is 0.194 e. The second-order valence-corrected chi connectivity index (χ2v) is 2.88. The first-order chi connectivity index (χ1) is 6.57. The summed E-state index contributed by atoms with van der Waals surface area (Å²) in [6.45, 7) is -0.237. The maximum atomic E-state index is 13.1. The van der Waals surface area contributed by atoms with Crippen LogP contribution in [-0.4, -0.2) is 11.7 Å². The topological polar surface area (TPSA) is 46.2 Å². The molecule has 0 fully saturated rings. The number of halogens is 3. The van der Waals surface area contributed by atoms with E-state index in [1.807, 2.05) is 0 Å². The Morgan fingerprint density at radius 3 is 2.43 bits per heavy atom. The second kappa shape index (κ2) is 4.43. The summed E-state index contributed by atoms with van der Waals surface area (Å²) in [7, 11) is 0. The van der Waals surface area contributed by atoms with E-state index in [2.05, 4.69) is 0 Å². The van der Waals surface area contributed by atoms with Crippen molar-refractivity contribution in [1.82, 2.24) is 0 Å². The van der Waals surface area contributed by atoms with E-state index in [9.17, 15) is 13.2 Å². The summed E-state index contributed by atoms with van der Waals surface area (Å²) in [6, 6.07) is 1.06. The zero-order valence-corrected chi connectivity index (χ0v) is 7.30. The van der Waals surface area contributed by atoms with Crippen molar-refractivity contribution in [2.24, 2.45) is 5.73 Å². The Morgan fingerprint density at radius 2 is 1.86 bits per heavy atom. The molecule has 0 saturated heterocycles. The van der Waals surface area contributed by atoms with E-state index in [0.29, 0.717) is 0 Å². The van der Waals surface area contributed by atoms with Gasteiger partial charge in [0.05, 0.1) is 0 Å². The van der Waals surface area contributed by atoms with Gasteiger partial charge in [-0.15, -0.1) is 0 Å². The molecule has 2 nitrogen and oxygen atoms in total. The van der Waals surface area contributed by atoms with Crippen LogP contribution in [0.2, 0.25) is 0 Å². The second-order valence-electron chi connectivity index (χ2n) is 2.88. The van der Waals surface area contributed by atoms with Gasteiger partial charge in [0.25, 0.3) is 0 Å². The Kier molecular flexibility index (Phi) is 3.49. The minimum absolute atomic E-state index is 0.0992. The Balaban J connectivity index is 3.04.